The first kappa shape index (κ1) is 5.05. The highest BCUT2D eigenvalue weighted by molar-refractivity contribution is 5.30. The van der Waals surface area contributed by atoms with Crippen molar-refractivity contribution in [3.8, 4) is 0 Å². The van der Waals surface area contributed by atoms with Gasteiger partial charge in [0, 0.05) is 6.20 Å². The average molecular weight is 107 g/mol. The maximum atomic E-state index is 8.23. The summed E-state index contributed by atoms with van der Waals surface area (Å²) in [5, 5.41) is 0. The third-order valence-corrected chi connectivity index (χ3v) is 0.779. The molecule has 0 atom stereocenters. The number of nitrogens with zero attached hydrogens (tertiary/aromatic N) is 2. The van der Waals surface area contributed by atoms with Crippen LogP contribution in [0.5, 0.6) is 0 Å². The smallest absolute Gasteiger partial charge is 0.142 e. The van der Waals surface area contributed by atoms with E-state index in [1.54, 1.807) is 24.4 Å². The van der Waals surface area contributed by atoms with Crippen molar-refractivity contribution in [1.29, 1.82) is 0 Å². The van der Waals surface area contributed by atoms with Gasteiger partial charge in [-0.05, 0) is 18.0 Å². The van der Waals surface area contributed by atoms with Gasteiger partial charge in [-0.15, -0.1) is 0 Å². The molecule has 0 unspecified atom stereocenters. The van der Waals surface area contributed by atoms with Crippen molar-refractivity contribution >= 4 is 5.82 Å². The Bertz CT molecular complexity index is 149. The molecular weight excluding hydrogens is 102 g/mol. The Morgan fingerprint density at radius 2 is 2.38 bits per heavy atom. The Hall–Kier alpha value is -1.09. The summed E-state index contributed by atoms with van der Waals surface area (Å²) in [6.45, 7) is 0. The Morgan fingerprint density at radius 1 is 1.50 bits per heavy atom. The van der Waals surface area contributed by atoms with Crippen LogP contribution in [0.4, 0.5) is 5.82 Å². The van der Waals surface area contributed by atoms with Crippen LogP contribution in [0.1, 0.15) is 0 Å². The van der Waals surface area contributed by atoms with Crippen LogP contribution in [-0.2, 0) is 0 Å². The average Bonchev–Trinajstić information content (AvgIpc) is 1.90. The first-order valence-electron chi connectivity index (χ1n) is 2.24. The van der Waals surface area contributed by atoms with E-state index < -0.39 is 0 Å². The third kappa shape index (κ3) is 0.946. The number of anilines is 1. The van der Waals surface area contributed by atoms with Crippen LogP contribution in [0, 0.1) is 0 Å². The molecule has 0 amide bonds. The topological polar surface area (TPSA) is 47.2 Å². The highest BCUT2D eigenvalue weighted by Crippen LogP contribution is 1.95. The molecule has 0 spiro atoms. The lowest BCUT2D eigenvalue weighted by Gasteiger charge is -1.89. The summed E-state index contributed by atoms with van der Waals surface area (Å²) >= 11 is 0. The molecule has 3 heteroatoms. The van der Waals surface area contributed by atoms with E-state index >= 15 is 0 Å². The van der Waals surface area contributed by atoms with Gasteiger partial charge < -0.3 is 0 Å². The molecule has 0 saturated carbocycles. The molecule has 0 aromatic carbocycles. The van der Waals surface area contributed by atoms with E-state index in [1.807, 2.05) is 5.43 Å². The number of rotatable bonds is 1. The fourth-order valence-corrected chi connectivity index (χ4v) is 0.429. The second-order valence-corrected chi connectivity index (χ2v) is 1.33. The summed E-state index contributed by atoms with van der Waals surface area (Å²) in [7, 11) is 0. The summed E-state index contributed by atoms with van der Waals surface area (Å²) in [6, 6.07) is 5.23. The number of hydrogen-bond acceptors (Lipinski definition) is 2. The molecule has 1 heterocycles. The largest absolute Gasteiger partial charge is 0.269 e. The number of aromatic nitrogens is 1. The number of hydrogen-bond donors (Lipinski definition) is 1. The number of nitrogens with one attached hydrogen (secondary N) is 1. The lowest BCUT2D eigenvalue weighted by atomic mass is 10.5. The second kappa shape index (κ2) is 2.28. The van der Waals surface area contributed by atoms with Crippen molar-refractivity contribution in [1.82, 2.24) is 10.8 Å². The molecule has 8 heavy (non-hydrogen) atoms. The normalized spacial score (nSPS) is 8.62. The van der Waals surface area contributed by atoms with E-state index in [0.717, 1.165) is 0 Å². The predicted octanol–water partition coefficient (Wildman–Crippen LogP) is 0.477. The quantitative estimate of drug-likeness (QED) is 0.530. The van der Waals surface area contributed by atoms with Crippen molar-refractivity contribution in [2.24, 2.45) is 0 Å². The third-order valence-electron chi connectivity index (χ3n) is 0.779. The Labute approximate surface area is 47.5 Å². The van der Waals surface area contributed by atoms with E-state index in [0.29, 0.717) is 5.82 Å². The van der Waals surface area contributed by atoms with Crippen molar-refractivity contribution in [3.63, 3.8) is 0 Å². The Morgan fingerprint density at radius 3 is 2.75 bits per heavy atom. The number of pyridine rings is 1. The molecule has 0 saturated heterocycles. The zero-order valence-electron chi connectivity index (χ0n) is 4.20. The van der Waals surface area contributed by atoms with Gasteiger partial charge in [-0.25, -0.2) is 4.98 Å². The van der Waals surface area contributed by atoms with Crippen molar-refractivity contribution in [2.45, 2.75) is 0 Å². The molecular formula is C5H5N3. The van der Waals surface area contributed by atoms with E-state index in [4.69, 9.17) is 5.84 Å². The van der Waals surface area contributed by atoms with Gasteiger partial charge in [0.2, 0.25) is 0 Å². The van der Waals surface area contributed by atoms with Gasteiger partial charge in [0.1, 0.15) is 5.82 Å². The zero-order valence-corrected chi connectivity index (χ0v) is 4.20. The minimum Gasteiger partial charge on any atom is -0.269 e. The lowest BCUT2D eigenvalue weighted by molar-refractivity contribution is 1.20. The molecule has 0 bridgehead atoms. The fourth-order valence-electron chi connectivity index (χ4n) is 0.429. The predicted molar refractivity (Wildman–Crippen MR) is 30.0 cm³/mol. The van der Waals surface area contributed by atoms with E-state index in [2.05, 4.69) is 4.98 Å². The van der Waals surface area contributed by atoms with Crippen LogP contribution in [0.3, 0.4) is 0 Å². The van der Waals surface area contributed by atoms with Crippen molar-refractivity contribution in [2.75, 3.05) is 5.43 Å². The SMILES string of the molecule is [N]Nc1ccccn1. The van der Waals surface area contributed by atoms with Gasteiger partial charge in [0.05, 0.1) is 0 Å². The summed E-state index contributed by atoms with van der Waals surface area (Å²) in [4.78, 5) is 3.74. The molecule has 0 aliphatic carbocycles. The molecule has 40 valence electrons. The summed E-state index contributed by atoms with van der Waals surface area (Å²) < 4.78 is 0. The van der Waals surface area contributed by atoms with Crippen LogP contribution < -0.4 is 11.3 Å². The molecule has 1 aromatic rings. The summed E-state index contributed by atoms with van der Waals surface area (Å²) in [5.41, 5.74) is 1.92. The minimum absolute atomic E-state index is 0.465. The Balaban J connectivity index is 2.83. The first-order valence-corrected chi connectivity index (χ1v) is 2.24. The highest BCUT2D eigenvalue weighted by Gasteiger charge is 1.81. The molecule has 1 N–H and O–H groups in total. The molecule has 0 aliphatic rings. The molecule has 1 aromatic heterocycles. The van der Waals surface area contributed by atoms with Crippen LogP contribution in [0.2, 0.25) is 0 Å². The molecule has 3 nitrogen and oxygen atoms in total. The Kier molecular flexibility index (Phi) is 1.44. The van der Waals surface area contributed by atoms with Gasteiger partial charge in [0.15, 0.2) is 0 Å². The standard InChI is InChI=1S/C5H5N3/c6-8-5-3-1-2-4-7-5/h1-4H,(H,7,8). The summed E-state index contributed by atoms with van der Waals surface area (Å²) in [5.74, 6) is 8.69. The van der Waals surface area contributed by atoms with Gasteiger partial charge in [-0.3, -0.25) is 5.43 Å². The first-order chi connectivity index (χ1) is 3.93. The van der Waals surface area contributed by atoms with E-state index in [1.165, 1.54) is 0 Å². The van der Waals surface area contributed by atoms with Crippen molar-refractivity contribution in [3.05, 3.63) is 24.4 Å². The lowest BCUT2D eigenvalue weighted by Crippen LogP contribution is -1.93. The monoisotopic (exact) mass is 107 g/mol. The van der Waals surface area contributed by atoms with E-state index in [9.17, 15) is 0 Å². The molecule has 2 radical (unpaired) electrons. The molecule has 0 aliphatic heterocycles. The van der Waals surface area contributed by atoms with Crippen LogP contribution in [-0.4, -0.2) is 4.98 Å². The maximum absolute atomic E-state index is 8.23. The van der Waals surface area contributed by atoms with Gasteiger partial charge in [-0.2, -0.15) is 0 Å². The maximum Gasteiger partial charge on any atom is 0.142 e. The zero-order chi connectivity index (χ0) is 5.82. The van der Waals surface area contributed by atoms with E-state index in [-0.39, 0.29) is 0 Å². The highest BCUT2D eigenvalue weighted by atomic mass is 15.2. The minimum atomic E-state index is 0.465. The van der Waals surface area contributed by atoms with Crippen molar-refractivity contribution < 1.29 is 0 Å². The fraction of sp³-hybridized carbons (Fsp3) is 0. The van der Waals surface area contributed by atoms with Gasteiger partial charge in [-0.1, -0.05) is 6.07 Å². The second-order valence-electron chi connectivity index (χ2n) is 1.33. The molecule has 1 rings (SSSR count). The van der Waals surface area contributed by atoms with Crippen LogP contribution in [0.25, 0.3) is 0 Å². The molecule has 0 fully saturated rings. The van der Waals surface area contributed by atoms with Gasteiger partial charge >= 0.3 is 0 Å². The summed E-state index contributed by atoms with van der Waals surface area (Å²) in [6.07, 6.45) is 1.60. The van der Waals surface area contributed by atoms with Gasteiger partial charge in [0.25, 0.3) is 0 Å². The van der Waals surface area contributed by atoms with Crippen LogP contribution >= 0.6 is 0 Å². The van der Waals surface area contributed by atoms with Crippen LogP contribution in [0.15, 0.2) is 24.4 Å².